The molecule has 26 heavy (non-hydrogen) atoms. The zero-order chi connectivity index (χ0) is 18.5. The normalized spacial score (nSPS) is 10.4. The number of nitrogens with one attached hydrogen (secondary N) is 1. The number of benzene rings is 1. The van der Waals surface area contributed by atoms with Crippen molar-refractivity contribution in [2.24, 2.45) is 0 Å². The van der Waals surface area contributed by atoms with Crippen molar-refractivity contribution < 1.29 is 9.59 Å². The van der Waals surface area contributed by atoms with Crippen LogP contribution in [0.1, 0.15) is 27.0 Å². The van der Waals surface area contributed by atoms with Crippen LogP contribution in [0.3, 0.4) is 0 Å². The van der Waals surface area contributed by atoms with Gasteiger partial charge in [0.05, 0.1) is 4.88 Å². The average Bonchev–Trinajstić information content (AvgIpc) is 3.19. The van der Waals surface area contributed by atoms with Gasteiger partial charge in [0, 0.05) is 28.5 Å². The summed E-state index contributed by atoms with van der Waals surface area (Å²) in [4.78, 5) is 31.6. The maximum Gasteiger partial charge on any atom is 0.265 e. The predicted molar refractivity (Wildman–Crippen MR) is 108 cm³/mol. The molecule has 0 unspecified atom stereocenters. The van der Waals surface area contributed by atoms with Crippen molar-refractivity contribution in [2.45, 2.75) is 6.92 Å². The molecule has 0 aliphatic carbocycles. The molecule has 0 aliphatic heterocycles. The first-order chi connectivity index (χ1) is 12.6. The van der Waals surface area contributed by atoms with Crippen LogP contribution in [0.25, 0.3) is 0 Å². The molecule has 1 aromatic carbocycles. The second kappa shape index (κ2) is 8.25. The molecule has 0 saturated carbocycles. The molecule has 1 N–H and O–H groups in total. The quantitative estimate of drug-likeness (QED) is 0.631. The highest BCUT2D eigenvalue weighted by molar-refractivity contribution is 9.10. The summed E-state index contributed by atoms with van der Waals surface area (Å²) in [6.45, 7) is 2.38. The smallest absolute Gasteiger partial charge is 0.265 e. The van der Waals surface area contributed by atoms with Gasteiger partial charge in [0.25, 0.3) is 11.8 Å². The van der Waals surface area contributed by atoms with E-state index in [2.05, 4.69) is 26.2 Å². The largest absolute Gasteiger partial charge is 0.321 e. The number of nitrogens with zero attached hydrogens (tertiary/aromatic N) is 2. The summed E-state index contributed by atoms with van der Waals surface area (Å²) in [6.07, 6.45) is 1.66. The molecule has 132 valence electrons. The number of carbonyl (C=O) groups excluding carboxylic acids is 2. The lowest BCUT2D eigenvalue weighted by Gasteiger charge is -2.20. The predicted octanol–water partition coefficient (Wildman–Crippen LogP) is 4.82. The molecule has 5 nitrogen and oxygen atoms in total. The van der Waals surface area contributed by atoms with Crippen molar-refractivity contribution in [1.82, 2.24) is 4.98 Å². The molecule has 3 rings (SSSR count). The van der Waals surface area contributed by atoms with Crippen LogP contribution in [0, 0.1) is 0 Å². The van der Waals surface area contributed by atoms with Gasteiger partial charge < -0.3 is 5.32 Å². The second-order valence-electron chi connectivity index (χ2n) is 5.40. The lowest BCUT2D eigenvalue weighted by atomic mass is 10.1. The van der Waals surface area contributed by atoms with Gasteiger partial charge in [-0.05, 0) is 64.6 Å². The number of hydrogen-bond acceptors (Lipinski definition) is 4. The first-order valence-corrected chi connectivity index (χ1v) is 9.64. The highest BCUT2D eigenvalue weighted by atomic mass is 79.9. The molecule has 3 aromatic rings. The van der Waals surface area contributed by atoms with E-state index >= 15 is 0 Å². The number of rotatable bonds is 5. The Balaban J connectivity index is 1.80. The standard InChI is InChI=1S/C19H16BrN3O2S/c1-2-23(17-9-8-14(20)12-21-17)19(25)13-5-3-6-15(11-13)22-18(24)16-7-4-10-26-16/h3-12H,2H2,1H3,(H,22,24). The summed E-state index contributed by atoms with van der Waals surface area (Å²) in [5, 5.41) is 4.67. The number of halogens is 1. The number of carbonyl (C=O) groups is 2. The molecule has 0 fully saturated rings. The van der Waals surface area contributed by atoms with Gasteiger partial charge in [-0.1, -0.05) is 12.1 Å². The number of hydrogen-bond donors (Lipinski definition) is 1. The lowest BCUT2D eigenvalue weighted by Crippen LogP contribution is -2.31. The van der Waals surface area contributed by atoms with Gasteiger partial charge in [-0.25, -0.2) is 4.98 Å². The van der Waals surface area contributed by atoms with Crippen LogP contribution in [0.15, 0.2) is 64.6 Å². The maximum absolute atomic E-state index is 12.9. The van der Waals surface area contributed by atoms with E-state index in [1.54, 1.807) is 47.5 Å². The second-order valence-corrected chi connectivity index (χ2v) is 7.26. The van der Waals surface area contributed by atoms with E-state index in [0.717, 1.165) is 4.47 Å². The summed E-state index contributed by atoms with van der Waals surface area (Å²) in [5.74, 6) is 0.217. The van der Waals surface area contributed by atoms with Crippen molar-refractivity contribution in [3.05, 3.63) is 75.0 Å². The number of thiophene rings is 1. The van der Waals surface area contributed by atoms with Crippen LogP contribution in [-0.2, 0) is 0 Å². The monoisotopic (exact) mass is 429 g/mol. The Hall–Kier alpha value is -2.51. The van der Waals surface area contributed by atoms with E-state index in [1.165, 1.54) is 11.3 Å². The van der Waals surface area contributed by atoms with Gasteiger partial charge in [-0.2, -0.15) is 0 Å². The Morgan fingerprint density at radius 3 is 2.69 bits per heavy atom. The first kappa shape index (κ1) is 18.3. The van der Waals surface area contributed by atoms with Crippen molar-refractivity contribution in [2.75, 3.05) is 16.8 Å². The summed E-state index contributed by atoms with van der Waals surface area (Å²) < 4.78 is 0.850. The van der Waals surface area contributed by atoms with Crippen molar-refractivity contribution >= 4 is 50.6 Å². The molecule has 0 saturated heterocycles. The van der Waals surface area contributed by atoms with Crippen LogP contribution in [0.5, 0.6) is 0 Å². The third-order valence-electron chi connectivity index (χ3n) is 3.66. The summed E-state index contributed by atoms with van der Waals surface area (Å²) in [6, 6.07) is 14.1. The van der Waals surface area contributed by atoms with Gasteiger partial charge in [0.15, 0.2) is 0 Å². The highest BCUT2D eigenvalue weighted by Gasteiger charge is 2.18. The molecule has 0 spiro atoms. The summed E-state index contributed by atoms with van der Waals surface area (Å²) in [7, 11) is 0. The van der Waals surface area contributed by atoms with Crippen molar-refractivity contribution in [1.29, 1.82) is 0 Å². The fourth-order valence-corrected chi connectivity index (χ4v) is 3.28. The van der Waals surface area contributed by atoms with Gasteiger partial charge in [0.2, 0.25) is 0 Å². The molecular weight excluding hydrogens is 414 g/mol. The lowest BCUT2D eigenvalue weighted by molar-refractivity contribution is 0.0985. The molecule has 0 radical (unpaired) electrons. The topological polar surface area (TPSA) is 62.3 Å². The molecule has 2 aromatic heterocycles. The molecule has 0 atom stereocenters. The van der Waals surface area contributed by atoms with Crippen LogP contribution in [0.2, 0.25) is 0 Å². The third-order valence-corrected chi connectivity index (χ3v) is 5.00. The Kier molecular flexibility index (Phi) is 5.80. The van der Waals surface area contributed by atoms with E-state index in [-0.39, 0.29) is 11.8 Å². The molecule has 0 aliphatic rings. The Morgan fingerprint density at radius 2 is 2.04 bits per heavy atom. The average molecular weight is 430 g/mol. The van der Waals surface area contributed by atoms with Gasteiger partial charge >= 0.3 is 0 Å². The molecule has 7 heteroatoms. The van der Waals surface area contributed by atoms with Gasteiger partial charge in [-0.15, -0.1) is 11.3 Å². The van der Waals surface area contributed by atoms with Crippen LogP contribution < -0.4 is 10.2 Å². The minimum absolute atomic E-state index is 0.172. The van der Waals surface area contributed by atoms with Gasteiger partial charge in [-0.3, -0.25) is 14.5 Å². The fraction of sp³-hybridized carbons (Fsp3) is 0.105. The minimum atomic E-state index is -0.188. The van der Waals surface area contributed by atoms with E-state index < -0.39 is 0 Å². The zero-order valence-corrected chi connectivity index (χ0v) is 16.4. The Labute approximate surface area is 163 Å². The summed E-state index contributed by atoms with van der Waals surface area (Å²) >= 11 is 4.71. The Morgan fingerprint density at radius 1 is 1.19 bits per heavy atom. The number of pyridine rings is 1. The van der Waals surface area contributed by atoms with E-state index in [0.29, 0.717) is 28.5 Å². The number of amides is 2. The third kappa shape index (κ3) is 4.17. The van der Waals surface area contributed by atoms with E-state index in [1.807, 2.05) is 24.4 Å². The minimum Gasteiger partial charge on any atom is -0.321 e. The van der Waals surface area contributed by atoms with Crippen LogP contribution in [-0.4, -0.2) is 23.3 Å². The number of aromatic nitrogens is 1. The SMILES string of the molecule is CCN(C(=O)c1cccc(NC(=O)c2cccs2)c1)c1ccc(Br)cn1. The highest BCUT2D eigenvalue weighted by Crippen LogP contribution is 2.20. The maximum atomic E-state index is 12.9. The van der Waals surface area contributed by atoms with Crippen LogP contribution in [0.4, 0.5) is 11.5 Å². The number of anilines is 2. The van der Waals surface area contributed by atoms with E-state index in [4.69, 9.17) is 0 Å². The van der Waals surface area contributed by atoms with Crippen molar-refractivity contribution in [3.8, 4) is 0 Å². The zero-order valence-electron chi connectivity index (χ0n) is 14.0. The Bertz CT molecular complexity index is 911. The summed E-state index contributed by atoms with van der Waals surface area (Å²) in [5.41, 5.74) is 1.06. The molecular formula is C19H16BrN3O2S. The van der Waals surface area contributed by atoms with Crippen LogP contribution >= 0.6 is 27.3 Å². The molecule has 0 bridgehead atoms. The van der Waals surface area contributed by atoms with E-state index in [9.17, 15) is 9.59 Å². The van der Waals surface area contributed by atoms with Crippen molar-refractivity contribution in [3.63, 3.8) is 0 Å². The molecule has 2 amide bonds. The first-order valence-electron chi connectivity index (χ1n) is 7.97. The van der Waals surface area contributed by atoms with Gasteiger partial charge in [0.1, 0.15) is 5.82 Å². The fourth-order valence-electron chi connectivity index (χ4n) is 2.42. The molecule has 2 heterocycles.